The number of hydrogen-bond donors (Lipinski definition) is 0. The van der Waals surface area contributed by atoms with Crippen LogP contribution in [-0.4, -0.2) is 39.4 Å². The first kappa shape index (κ1) is 53.6. The minimum atomic E-state index is -0.320. The summed E-state index contributed by atoms with van der Waals surface area (Å²) < 4.78 is 23.7. The van der Waals surface area contributed by atoms with Crippen molar-refractivity contribution in [3.63, 3.8) is 0 Å². The molecule has 0 atom stereocenters. The third kappa shape index (κ3) is 19.8. The van der Waals surface area contributed by atoms with Gasteiger partial charge in [-0.15, -0.1) is 45.3 Å². The topological polar surface area (TPSA) is 61.8 Å². The van der Waals surface area contributed by atoms with Gasteiger partial charge >= 0.3 is 11.9 Å². The Morgan fingerprint density at radius 1 is 0.397 bits per heavy atom. The lowest BCUT2D eigenvalue weighted by molar-refractivity contribution is -0.139. The highest BCUT2D eigenvalue weighted by Crippen LogP contribution is 2.53. The Hall–Kier alpha value is -2.04. The average molecular weight is 942 g/mol. The highest BCUT2D eigenvalue weighted by molar-refractivity contribution is 7.44. The van der Waals surface area contributed by atoms with E-state index in [-0.39, 0.29) is 18.5 Å². The van der Waals surface area contributed by atoms with E-state index < -0.39 is 0 Å². The molecule has 4 heterocycles. The number of thiophene rings is 4. The van der Waals surface area contributed by atoms with Crippen LogP contribution < -0.4 is 0 Å². The maximum atomic E-state index is 12.6. The number of hydrogen-bond acceptors (Lipinski definition) is 9. The normalized spacial score (nSPS) is 12.1. The SMILES string of the molecule is CCCCCCCCCCCCCCCCCc1c(/C=C/C(=O)OC)sc2c1sc1c3sc(/C=C/C(=O)OCCOC)c(CCCCCCCCCCCCCCCCC)c3sc21. The van der Waals surface area contributed by atoms with Crippen LogP contribution in [0.15, 0.2) is 12.2 Å². The number of carbonyl (C=O) groups is 2. The number of carbonyl (C=O) groups excluding carboxylic acids is 2. The number of rotatable bonds is 39. The number of aryl methyl sites for hydroxylation is 2. The highest BCUT2D eigenvalue weighted by Gasteiger charge is 2.23. The van der Waals surface area contributed by atoms with Gasteiger partial charge in [0.15, 0.2) is 0 Å². The van der Waals surface area contributed by atoms with E-state index in [0.717, 1.165) is 19.3 Å². The second-order valence-corrected chi connectivity index (χ2v) is 22.0. The van der Waals surface area contributed by atoms with Crippen molar-refractivity contribution >= 4 is 97.6 Å². The smallest absolute Gasteiger partial charge is 0.330 e. The van der Waals surface area contributed by atoms with Crippen molar-refractivity contribution in [2.45, 2.75) is 219 Å². The molecular weight excluding hydrogens is 857 g/mol. The van der Waals surface area contributed by atoms with Crippen molar-refractivity contribution in [3.8, 4) is 0 Å². The molecule has 0 amide bonds. The van der Waals surface area contributed by atoms with Gasteiger partial charge in [-0.1, -0.05) is 194 Å². The molecule has 0 saturated carbocycles. The molecule has 354 valence electrons. The molecule has 63 heavy (non-hydrogen) atoms. The van der Waals surface area contributed by atoms with Crippen LogP contribution in [-0.2, 0) is 36.6 Å². The molecule has 0 aliphatic carbocycles. The number of esters is 2. The van der Waals surface area contributed by atoms with E-state index in [1.807, 2.05) is 57.5 Å². The number of fused-ring (bicyclic) bond motifs is 5. The number of ether oxygens (including phenoxy) is 3. The van der Waals surface area contributed by atoms with Gasteiger partial charge in [0.2, 0.25) is 0 Å². The molecule has 0 saturated heterocycles. The molecule has 0 N–H and O–H groups in total. The quantitative estimate of drug-likeness (QED) is 0.0253. The zero-order valence-corrected chi connectivity index (χ0v) is 43.3. The molecule has 4 aromatic heterocycles. The summed E-state index contributed by atoms with van der Waals surface area (Å²) in [4.78, 5) is 27.2. The van der Waals surface area contributed by atoms with Crippen molar-refractivity contribution in [1.82, 2.24) is 0 Å². The van der Waals surface area contributed by atoms with Crippen molar-refractivity contribution in [2.24, 2.45) is 0 Å². The molecule has 9 heteroatoms. The molecule has 0 spiro atoms. The molecule has 0 unspecified atom stereocenters. The Bertz CT molecular complexity index is 1890. The fourth-order valence-electron chi connectivity index (χ4n) is 8.76. The zero-order chi connectivity index (χ0) is 44.7. The molecule has 4 aromatic rings. The van der Waals surface area contributed by atoms with Gasteiger partial charge in [-0.25, -0.2) is 9.59 Å². The summed E-state index contributed by atoms with van der Waals surface area (Å²) >= 11 is 7.54. The van der Waals surface area contributed by atoms with Gasteiger partial charge in [-0.3, -0.25) is 0 Å². The first-order chi connectivity index (χ1) is 31.0. The summed E-state index contributed by atoms with van der Waals surface area (Å²) in [5.41, 5.74) is 2.77. The maximum Gasteiger partial charge on any atom is 0.330 e. The summed E-state index contributed by atoms with van der Waals surface area (Å²) in [6.45, 7) is 5.24. The molecule has 0 bridgehead atoms. The summed E-state index contributed by atoms with van der Waals surface area (Å²) in [6.07, 6.45) is 50.0. The first-order valence-electron chi connectivity index (χ1n) is 25.5. The Labute approximate surface area is 398 Å². The Balaban J connectivity index is 1.35. The van der Waals surface area contributed by atoms with E-state index >= 15 is 0 Å². The minimum Gasteiger partial charge on any atom is -0.466 e. The van der Waals surface area contributed by atoms with Crippen molar-refractivity contribution in [2.75, 3.05) is 27.4 Å². The standard InChI is InChI=1S/C54H84O5S4/c1-5-7-9-11-13-15-17-19-21-23-25-27-29-31-33-35-43-45(37-39-47(55)58-4)60-51-49(43)62-54-52-50(63-53(51)54)44(46(61-52)38-40-48(56)59-42-41-57-3)36-34-32-30-28-26-24-22-20-18-16-14-12-10-8-6-2/h37-40H,5-36,41-42H2,1-4H3/b39-37+,40-38+. The van der Waals surface area contributed by atoms with E-state index in [1.165, 1.54) is 242 Å². The molecular formula is C54H84O5S4. The third-order valence-electron chi connectivity index (χ3n) is 12.5. The van der Waals surface area contributed by atoms with Crippen LogP contribution in [0.5, 0.6) is 0 Å². The molecule has 0 fully saturated rings. The summed E-state index contributed by atoms with van der Waals surface area (Å²) in [7, 11) is 3.06. The van der Waals surface area contributed by atoms with E-state index in [9.17, 15) is 9.59 Å². The van der Waals surface area contributed by atoms with Gasteiger partial charge in [0.05, 0.1) is 41.9 Å². The largest absolute Gasteiger partial charge is 0.466 e. The third-order valence-corrected chi connectivity index (χ3v) is 18.2. The molecule has 0 aliphatic heterocycles. The van der Waals surface area contributed by atoms with Crippen LogP contribution in [0.1, 0.15) is 227 Å². The number of methoxy groups -OCH3 is 2. The summed E-state index contributed by atoms with van der Waals surface area (Å²) in [6, 6.07) is 0. The monoisotopic (exact) mass is 941 g/mol. The van der Waals surface area contributed by atoms with Crippen LogP contribution in [0.25, 0.3) is 40.4 Å². The van der Waals surface area contributed by atoms with Crippen LogP contribution in [0.2, 0.25) is 0 Å². The minimum absolute atomic E-state index is 0.260. The van der Waals surface area contributed by atoms with Gasteiger partial charge in [0.1, 0.15) is 6.61 Å². The van der Waals surface area contributed by atoms with E-state index in [1.54, 1.807) is 19.3 Å². The van der Waals surface area contributed by atoms with Gasteiger partial charge in [-0.05, 0) is 49.0 Å². The van der Waals surface area contributed by atoms with Gasteiger partial charge in [-0.2, -0.15) is 0 Å². The van der Waals surface area contributed by atoms with Crippen molar-refractivity contribution in [1.29, 1.82) is 0 Å². The highest BCUT2D eigenvalue weighted by atomic mass is 32.1. The Morgan fingerprint density at radius 2 is 0.714 bits per heavy atom. The van der Waals surface area contributed by atoms with Crippen LogP contribution in [0, 0.1) is 0 Å². The van der Waals surface area contributed by atoms with E-state index in [4.69, 9.17) is 14.2 Å². The van der Waals surface area contributed by atoms with Crippen LogP contribution in [0.4, 0.5) is 0 Å². The fraction of sp³-hybridized carbons (Fsp3) is 0.704. The number of unbranched alkanes of at least 4 members (excludes halogenated alkanes) is 28. The van der Waals surface area contributed by atoms with Gasteiger partial charge < -0.3 is 14.2 Å². The fourth-order valence-corrected chi connectivity index (χ4v) is 14.8. The second-order valence-electron chi connectivity index (χ2n) is 17.8. The van der Waals surface area contributed by atoms with E-state index in [0.29, 0.717) is 6.61 Å². The first-order valence-corrected chi connectivity index (χ1v) is 28.8. The molecule has 0 aromatic carbocycles. The zero-order valence-electron chi connectivity index (χ0n) is 40.0. The summed E-state index contributed by atoms with van der Waals surface area (Å²) in [5, 5.41) is 0. The molecule has 0 radical (unpaired) electrons. The maximum absolute atomic E-state index is 12.6. The predicted molar refractivity (Wildman–Crippen MR) is 281 cm³/mol. The van der Waals surface area contributed by atoms with Gasteiger partial charge in [0.25, 0.3) is 0 Å². The van der Waals surface area contributed by atoms with Crippen LogP contribution in [0.3, 0.4) is 0 Å². The average Bonchev–Trinajstić information content (AvgIpc) is 4.02. The Morgan fingerprint density at radius 3 is 1.05 bits per heavy atom. The molecule has 4 rings (SSSR count). The van der Waals surface area contributed by atoms with Crippen molar-refractivity contribution in [3.05, 3.63) is 33.0 Å². The lowest BCUT2D eigenvalue weighted by atomic mass is 10.0. The van der Waals surface area contributed by atoms with Crippen molar-refractivity contribution < 1.29 is 23.8 Å². The second kappa shape index (κ2) is 33.4. The Kier molecular flexibility index (Phi) is 28.4. The van der Waals surface area contributed by atoms with E-state index in [2.05, 4.69) is 13.8 Å². The molecule has 0 aliphatic rings. The lowest BCUT2D eigenvalue weighted by Gasteiger charge is -2.04. The van der Waals surface area contributed by atoms with Crippen LogP contribution >= 0.6 is 45.3 Å². The molecule has 5 nitrogen and oxygen atoms in total. The van der Waals surface area contributed by atoms with Gasteiger partial charge in [0, 0.05) is 29.0 Å². The summed E-state index contributed by atoms with van der Waals surface area (Å²) in [5.74, 6) is -0.627. The predicted octanol–water partition coefficient (Wildman–Crippen LogP) is 18.6. The lowest BCUT2D eigenvalue weighted by Crippen LogP contribution is -2.06.